The molecule has 0 spiro atoms. The molecule has 0 radical (unpaired) electrons. The van der Waals surface area contributed by atoms with Crippen molar-refractivity contribution in [1.82, 2.24) is 15.3 Å². The summed E-state index contributed by atoms with van der Waals surface area (Å²) in [6.45, 7) is 1.82. The van der Waals surface area contributed by atoms with E-state index in [1.165, 1.54) is 0 Å². The number of ketones is 1. The number of H-pyrrole nitrogens is 1. The maximum absolute atomic E-state index is 12.4. The van der Waals surface area contributed by atoms with Crippen LogP contribution in [0.25, 0.3) is 11.0 Å². The van der Waals surface area contributed by atoms with Gasteiger partial charge < -0.3 is 10.3 Å². The fourth-order valence-corrected chi connectivity index (χ4v) is 2.46. The molecule has 1 aliphatic rings. The second-order valence-corrected chi connectivity index (χ2v) is 4.51. The summed E-state index contributed by atoms with van der Waals surface area (Å²) in [4.78, 5) is 19.6. The predicted molar refractivity (Wildman–Crippen MR) is 66.0 cm³/mol. The Morgan fingerprint density at radius 2 is 2.41 bits per heavy atom. The van der Waals surface area contributed by atoms with Crippen molar-refractivity contribution in [2.45, 2.75) is 12.8 Å². The predicted octanol–water partition coefficient (Wildman–Crippen LogP) is 1.75. The molecule has 0 aromatic carbocycles. The lowest BCUT2D eigenvalue weighted by Crippen LogP contribution is -2.34. The molecule has 3 heterocycles. The van der Waals surface area contributed by atoms with Crippen molar-refractivity contribution < 1.29 is 4.79 Å². The van der Waals surface area contributed by atoms with Gasteiger partial charge in [-0.05, 0) is 31.5 Å². The van der Waals surface area contributed by atoms with E-state index in [1.54, 1.807) is 12.4 Å². The lowest BCUT2D eigenvalue weighted by atomic mass is 9.91. The maximum Gasteiger partial charge on any atom is 0.169 e. The first kappa shape index (κ1) is 10.5. The summed E-state index contributed by atoms with van der Waals surface area (Å²) >= 11 is 0. The molecule has 1 saturated heterocycles. The molecular weight excluding hydrogens is 214 g/mol. The van der Waals surface area contributed by atoms with E-state index in [-0.39, 0.29) is 11.7 Å². The summed E-state index contributed by atoms with van der Waals surface area (Å²) in [6, 6.07) is 3.81. The Bertz CT molecular complexity index is 540. The van der Waals surface area contributed by atoms with Crippen LogP contribution in [0.5, 0.6) is 0 Å². The van der Waals surface area contributed by atoms with E-state index < -0.39 is 0 Å². The van der Waals surface area contributed by atoms with E-state index in [1.807, 2.05) is 12.1 Å². The van der Waals surface area contributed by atoms with Crippen molar-refractivity contribution in [3.63, 3.8) is 0 Å². The maximum atomic E-state index is 12.4. The van der Waals surface area contributed by atoms with E-state index >= 15 is 0 Å². The SMILES string of the molecule is O=C(c1c[nH]c2ncccc12)C1CCCNC1. The van der Waals surface area contributed by atoms with Gasteiger partial charge in [0, 0.05) is 35.8 Å². The third-order valence-corrected chi connectivity index (χ3v) is 3.38. The quantitative estimate of drug-likeness (QED) is 0.771. The number of piperidine rings is 1. The van der Waals surface area contributed by atoms with Gasteiger partial charge >= 0.3 is 0 Å². The molecule has 4 heteroatoms. The van der Waals surface area contributed by atoms with Crippen LogP contribution in [-0.4, -0.2) is 28.8 Å². The number of rotatable bonds is 2. The molecule has 2 N–H and O–H groups in total. The second-order valence-electron chi connectivity index (χ2n) is 4.51. The van der Waals surface area contributed by atoms with Gasteiger partial charge in [-0.2, -0.15) is 0 Å². The number of aromatic amines is 1. The first-order valence-corrected chi connectivity index (χ1v) is 6.03. The van der Waals surface area contributed by atoms with Crippen molar-refractivity contribution in [3.8, 4) is 0 Å². The molecule has 2 aromatic rings. The van der Waals surface area contributed by atoms with Crippen LogP contribution >= 0.6 is 0 Å². The average molecular weight is 229 g/mol. The summed E-state index contributed by atoms with van der Waals surface area (Å²) in [5.74, 6) is 0.347. The summed E-state index contributed by atoms with van der Waals surface area (Å²) in [7, 11) is 0. The van der Waals surface area contributed by atoms with Gasteiger partial charge in [0.2, 0.25) is 0 Å². The second kappa shape index (κ2) is 4.30. The number of hydrogen-bond acceptors (Lipinski definition) is 3. The fourth-order valence-electron chi connectivity index (χ4n) is 2.46. The highest BCUT2D eigenvalue weighted by Gasteiger charge is 2.24. The lowest BCUT2D eigenvalue weighted by molar-refractivity contribution is 0.0901. The summed E-state index contributed by atoms with van der Waals surface area (Å²) in [6.07, 6.45) is 5.58. The van der Waals surface area contributed by atoms with Gasteiger partial charge in [-0.1, -0.05) is 0 Å². The number of nitrogens with one attached hydrogen (secondary N) is 2. The van der Waals surface area contributed by atoms with Crippen LogP contribution in [0, 0.1) is 5.92 Å². The van der Waals surface area contributed by atoms with Crippen molar-refractivity contribution >= 4 is 16.8 Å². The molecule has 0 bridgehead atoms. The van der Waals surface area contributed by atoms with Crippen LogP contribution in [0.4, 0.5) is 0 Å². The normalized spacial score (nSPS) is 20.6. The number of hydrogen-bond donors (Lipinski definition) is 2. The number of fused-ring (bicyclic) bond motifs is 1. The van der Waals surface area contributed by atoms with Crippen molar-refractivity contribution in [2.24, 2.45) is 5.92 Å². The first-order valence-electron chi connectivity index (χ1n) is 6.03. The number of carbonyl (C=O) groups is 1. The third-order valence-electron chi connectivity index (χ3n) is 3.38. The van der Waals surface area contributed by atoms with E-state index in [0.29, 0.717) is 0 Å². The zero-order valence-corrected chi connectivity index (χ0v) is 9.57. The summed E-state index contributed by atoms with van der Waals surface area (Å²) in [5, 5.41) is 4.21. The van der Waals surface area contributed by atoms with Gasteiger partial charge in [-0.3, -0.25) is 4.79 Å². The molecule has 0 aliphatic carbocycles. The first-order chi connectivity index (χ1) is 8.36. The summed E-state index contributed by atoms with van der Waals surface area (Å²) in [5.41, 5.74) is 1.57. The Morgan fingerprint density at radius 3 is 3.24 bits per heavy atom. The topological polar surface area (TPSA) is 57.8 Å². The van der Waals surface area contributed by atoms with Crippen LogP contribution in [-0.2, 0) is 0 Å². The molecule has 1 unspecified atom stereocenters. The van der Waals surface area contributed by atoms with Gasteiger partial charge in [0.1, 0.15) is 5.65 Å². The lowest BCUT2D eigenvalue weighted by Gasteiger charge is -2.21. The van der Waals surface area contributed by atoms with Gasteiger partial charge in [0.15, 0.2) is 5.78 Å². The molecule has 1 atom stereocenters. The zero-order valence-electron chi connectivity index (χ0n) is 9.57. The summed E-state index contributed by atoms with van der Waals surface area (Å²) < 4.78 is 0. The fraction of sp³-hybridized carbons (Fsp3) is 0.385. The average Bonchev–Trinajstić information content (AvgIpc) is 2.83. The van der Waals surface area contributed by atoms with Crippen molar-refractivity contribution in [2.75, 3.05) is 13.1 Å². The van der Waals surface area contributed by atoms with Gasteiger partial charge in [0.05, 0.1) is 0 Å². The molecule has 0 saturated carbocycles. The third kappa shape index (κ3) is 1.85. The Balaban J connectivity index is 1.95. The Morgan fingerprint density at radius 1 is 1.47 bits per heavy atom. The Kier molecular flexibility index (Phi) is 2.65. The largest absolute Gasteiger partial charge is 0.345 e. The van der Waals surface area contributed by atoms with Crippen LogP contribution in [0.3, 0.4) is 0 Å². The molecule has 4 nitrogen and oxygen atoms in total. The molecule has 3 rings (SSSR count). The minimum absolute atomic E-state index is 0.114. The highest BCUT2D eigenvalue weighted by atomic mass is 16.1. The number of pyridine rings is 1. The molecular formula is C13H15N3O. The number of aromatic nitrogens is 2. The smallest absolute Gasteiger partial charge is 0.169 e. The zero-order chi connectivity index (χ0) is 11.7. The number of nitrogens with zero attached hydrogens (tertiary/aromatic N) is 1. The Labute approximate surface area is 99.4 Å². The molecule has 17 heavy (non-hydrogen) atoms. The van der Waals surface area contributed by atoms with E-state index in [4.69, 9.17) is 0 Å². The van der Waals surface area contributed by atoms with E-state index in [0.717, 1.165) is 42.5 Å². The highest BCUT2D eigenvalue weighted by Crippen LogP contribution is 2.22. The molecule has 1 aliphatic heterocycles. The van der Waals surface area contributed by atoms with Crippen molar-refractivity contribution in [3.05, 3.63) is 30.1 Å². The molecule has 2 aromatic heterocycles. The molecule has 88 valence electrons. The number of carbonyl (C=O) groups excluding carboxylic acids is 1. The highest BCUT2D eigenvalue weighted by molar-refractivity contribution is 6.08. The number of Topliss-reactive ketones (excluding diaryl/α,β-unsaturated/α-hetero) is 1. The molecule has 1 fully saturated rings. The van der Waals surface area contributed by atoms with Gasteiger partial charge in [-0.15, -0.1) is 0 Å². The Hall–Kier alpha value is -1.68. The van der Waals surface area contributed by atoms with Crippen LogP contribution in [0.2, 0.25) is 0 Å². The van der Waals surface area contributed by atoms with Crippen LogP contribution < -0.4 is 5.32 Å². The van der Waals surface area contributed by atoms with Crippen LogP contribution in [0.15, 0.2) is 24.5 Å². The van der Waals surface area contributed by atoms with Gasteiger partial charge in [-0.25, -0.2) is 4.98 Å². The minimum Gasteiger partial charge on any atom is -0.345 e. The van der Waals surface area contributed by atoms with Crippen molar-refractivity contribution in [1.29, 1.82) is 0 Å². The van der Waals surface area contributed by atoms with E-state index in [9.17, 15) is 4.79 Å². The van der Waals surface area contributed by atoms with Crippen LogP contribution in [0.1, 0.15) is 23.2 Å². The standard InChI is InChI=1S/C13H15N3O/c17-12(9-3-1-5-14-7-9)11-8-16-13-10(11)4-2-6-15-13/h2,4,6,8-9,14H,1,3,5,7H2,(H,15,16). The molecule has 0 amide bonds. The van der Waals surface area contributed by atoms with Gasteiger partial charge in [0.25, 0.3) is 0 Å². The minimum atomic E-state index is 0.114. The monoisotopic (exact) mass is 229 g/mol. The van der Waals surface area contributed by atoms with E-state index in [2.05, 4.69) is 15.3 Å².